The van der Waals surface area contributed by atoms with E-state index in [1.165, 1.54) is 0 Å². The molecule has 2 aromatic heterocycles. The van der Waals surface area contributed by atoms with Crippen LogP contribution < -0.4 is 10.9 Å². The maximum absolute atomic E-state index is 12.8. The number of nitrogens with zero attached hydrogens (tertiary/aromatic N) is 2. The minimum Gasteiger partial charge on any atom is -0.393 e. The number of fused-ring (bicyclic) bond motifs is 1. The Morgan fingerprint density at radius 1 is 1.30 bits per heavy atom. The molecular weight excluding hydrogens is 290 g/mol. The van der Waals surface area contributed by atoms with Gasteiger partial charge in [-0.3, -0.25) is 4.79 Å². The molecule has 2 heterocycles. The standard InChI is InChI=1S/C18H25N3O2/c1-11(2)21-9-8-13-10-12(3)19-17(16(13)18(21)23)20-14-4-6-15(22)7-5-14/h8-11,14-15,22H,4-7H2,1-3H3,(H,19,20). The van der Waals surface area contributed by atoms with E-state index in [1.807, 2.05) is 39.1 Å². The molecule has 0 aromatic carbocycles. The normalized spacial score (nSPS) is 21.8. The van der Waals surface area contributed by atoms with Crippen molar-refractivity contribution in [3.05, 3.63) is 34.4 Å². The van der Waals surface area contributed by atoms with Gasteiger partial charge in [-0.15, -0.1) is 0 Å². The lowest BCUT2D eigenvalue weighted by atomic mass is 9.93. The van der Waals surface area contributed by atoms with Crippen LogP contribution in [0.2, 0.25) is 0 Å². The summed E-state index contributed by atoms with van der Waals surface area (Å²) in [7, 11) is 0. The zero-order valence-corrected chi connectivity index (χ0v) is 14.0. The van der Waals surface area contributed by atoms with E-state index in [0.717, 1.165) is 36.8 Å². The van der Waals surface area contributed by atoms with Gasteiger partial charge in [-0.2, -0.15) is 0 Å². The van der Waals surface area contributed by atoms with Crippen molar-refractivity contribution in [2.24, 2.45) is 0 Å². The Morgan fingerprint density at radius 2 is 2.00 bits per heavy atom. The Bertz CT molecular complexity index is 759. The highest BCUT2D eigenvalue weighted by molar-refractivity contribution is 5.91. The minimum absolute atomic E-state index is 0.00310. The fourth-order valence-electron chi connectivity index (χ4n) is 3.34. The van der Waals surface area contributed by atoms with Crippen LogP contribution in [-0.2, 0) is 0 Å². The first-order valence-electron chi connectivity index (χ1n) is 8.43. The largest absolute Gasteiger partial charge is 0.393 e. The molecule has 0 unspecified atom stereocenters. The number of aromatic nitrogens is 2. The molecule has 2 aromatic rings. The van der Waals surface area contributed by atoms with Crippen molar-refractivity contribution in [2.45, 2.75) is 64.6 Å². The summed E-state index contributed by atoms with van der Waals surface area (Å²) >= 11 is 0. The molecule has 5 nitrogen and oxygen atoms in total. The SMILES string of the molecule is Cc1cc2ccn(C(C)C)c(=O)c2c(NC2CCC(O)CC2)n1. The molecule has 0 amide bonds. The lowest BCUT2D eigenvalue weighted by Gasteiger charge is -2.27. The molecule has 0 radical (unpaired) electrons. The number of anilines is 1. The van der Waals surface area contributed by atoms with Crippen LogP contribution in [0.15, 0.2) is 23.1 Å². The van der Waals surface area contributed by atoms with Crippen molar-refractivity contribution in [3.8, 4) is 0 Å². The minimum atomic E-state index is -0.187. The predicted octanol–water partition coefficient (Wildman–Crippen LogP) is 3.00. The lowest BCUT2D eigenvalue weighted by molar-refractivity contribution is 0.126. The maximum Gasteiger partial charge on any atom is 0.262 e. The van der Waals surface area contributed by atoms with Crippen LogP contribution in [0.3, 0.4) is 0 Å². The third-order valence-corrected chi connectivity index (χ3v) is 4.63. The quantitative estimate of drug-likeness (QED) is 0.914. The zero-order valence-electron chi connectivity index (χ0n) is 14.0. The van der Waals surface area contributed by atoms with Crippen LogP contribution in [0, 0.1) is 6.92 Å². The van der Waals surface area contributed by atoms with Gasteiger partial charge >= 0.3 is 0 Å². The number of aliphatic hydroxyl groups is 1. The summed E-state index contributed by atoms with van der Waals surface area (Å²) in [5.74, 6) is 0.682. The molecule has 0 bridgehead atoms. The van der Waals surface area contributed by atoms with Crippen molar-refractivity contribution >= 4 is 16.6 Å². The number of aryl methyl sites for hydroxylation is 1. The highest BCUT2D eigenvalue weighted by Gasteiger charge is 2.21. The number of pyridine rings is 2. The molecule has 3 rings (SSSR count). The van der Waals surface area contributed by atoms with Crippen molar-refractivity contribution in [1.29, 1.82) is 0 Å². The van der Waals surface area contributed by atoms with Crippen LogP contribution in [0.1, 0.15) is 51.3 Å². The lowest BCUT2D eigenvalue weighted by Crippen LogP contribution is -2.30. The topological polar surface area (TPSA) is 67.2 Å². The average Bonchev–Trinajstić information content (AvgIpc) is 2.49. The van der Waals surface area contributed by atoms with Crippen molar-refractivity contribution < 1.29 is 5.11 Å². The number of nitrogens with one attached hydrogen (secondary N) is 1. The Hall–Kier alpha value is -1.88. The average molecular weight is 315 g/mol. The second-order valence-corrected chi connectivity index (χ2v) is 6.85. The number of hydrogen-bond donors (Lipinski definition) is 2. The van der Waals surface area contributed by atoms with Crippen LogP contribution >= 0.6 is 0 Å². The molecule has 1 aliphatic carbocycles. The number of rotatable bonds is 3. The Morgan fingerprint density at radius 3 is 2.65 bits per heavy atom. The van der Waals surface area contributed by atoms with Crippen LogP contribution in [0.5, 0.6) is 0 Å². The van der Waals surface area contributed by atoms with Gasteiger partial charge in [0.05, 0.1) is 11.5 Å². The summed E-state index contributed by atoms with van der Waals surface area (Å²) in [6, 6.07) is 4.33. The van der Waals surface area contributed by atoms with E-state index in [9.17, 15) is 9.90 Å². The van der Waals surface area contributed by atoms with Crippen molar-refractivity contribution in [1.82, 2.24) is 9.55 Å². The summed E-state index contributed by atoms with van der Waals surface area (Å²) in [6.45, 7) is 5.96. The maximum atomic E-state index is 12.8. The van der Waals surface area contributed by atoms with Gasteiger partial charge in [0.2, 0.25) is 0 Å². The predicted molar refractivity (Wildman–Crippen MR) is 93.0 cm³/mol. The third-order valence-electron chi connectivity index (χ3n) is 4.63. The van der Waals surface area contributed by atoms with E-state index in [2.05, 4.69) is 10.3 Å². The summed E-state index contributed by atoms with van der Waals surface area (Å²) in [6.07, 6.45) is 5.09. The summed E-state index contributed by atoms with van der Waals surface area (Å²) in [4.78, 5) is 17.4. The molecule has 0 aliphatic heterocycles. The zero-order chi connectivity index (χ0) is 16.6. The van der Waals surface area contributed by atoms with Crippen LogP contribution in [0.25, 0.3) is 10.8 Å². The second-order valence-electron chi connectivity index (χ2n) is 6.85. The Labute approximate surface area is 136 Å². The fraction of sp³-hybridized carbons (Fsp3) is 0.556. The smallest absolute Gasteiger partial charge is 0.262 e. The molecule has 23 heavy (non-hydrogen) atoms. The molecule has 0 atom stereocenters. The first-order chi connectivity index (χ1) is 11.0. The summed E-state index contributed by atoms with van der Waals surface area (Å²) in [5, 5.41) is 14.7. The van der Waals surface area contributed by atoms with Crippen molar-refractivity contribution in [3.63, 3.8) is 0 Å². The van der Waals surface area contributed by atoms with Gasteiger partial charge in [0.15, 0.2) is 0 Å². The molecule has 1 saturated carbocycles. The monoisotopic (exact) mass is 315 g/mol. The molecule has 124 valence electrons. The summed E-state index contributed by atoms with van der Waals surface area (Å²) in [5.41, 5.74) is 0.904. The van der Waals surface area contributed by atoms with Gasteiger partial charge in [0.1, 0.15) is 5.82 Å². The van der Waals surface area contributed by atoms with Gasteiger partial charge in [-0.25, -0.2) is 4.98 Å². The number of aliphatic hydroxyl groups excluding tert-OH is 1. The first-order valence-corrected chi connectivity index (χ1v) is 8.43. The van der Waals surface area contributed by atoms with E-state index < -0.39 is 0 Å². The van der Waals surface area contributed by atoms with E-state index in [4.69, 9.17) is 0 Å². The van der Waals surface area contributed by atoms with Gasteiger partial charge in [0.25, 0.3) is 5.56 Å². The summed E-state index contributed by atoms with van der Waals surface area (Å²) < 4.78 is 1.75. The van der Waals surface area contributed by atoms with Gasteiger partial charge in [-0.05, 0) is 64.0 Å². The first kappa shape index (κ1) is 16.0. The Kier molecular flexibility index (Phi) is 4.39. The second kappa shape index (κ2) is 6.32. The molecule has 0 spiro atoms. The molecule has 5 heteroatoms. The molecular formula is C18H25N3O2. The van der Waals surface area contributed by atoms with Crippen molar-refractivity contribution in [2.75, 3.05) is 5.32 Å². The highest BCUT2D eigenvalue weighted by atomic mass is 16.3. The molecule has 2 N–H and O–H groups in total. The van der Waals surface area contributed by atoms with Crippen LogP contribution in [0.4, 0.5) is 5.82 Å². The molecule has 0 saturated heterocycles. The van der Waals surface area contributed by atoms with Gasteiger partial charge in [-0.1, -0.05) is 0 Å². The van der Waals surface area contributed by atoms with E-state index in [1.54, 1.807) is 4.57 Å². The highest BCUT2D eigenvalue weighted by Crippen LogP contribution is 2.25. The van der Waals surface area contributed by atoms with E-state index in [-0.39, 0.29) is 23.7 Å². The van der Waals surface area contributed by atoms with E-state index >= 15 is 0 Å². The third kappa shape index (κ3) is 3.24. The molecule has 1 aliphatic rings. The number of hydrogen-bond acceptors (Lipinski definition) is 4. The van der Waals surface area contributed by atoms with E-state index in [0.29, 0.717) is 11.2 Å². The molecule has 1 fully saturated rings. The van der Waals surface area contributed by atoms with Gasteiger partial charge < -0.3 is 15.0 Å². The Balaban J connectivity index is 2.04. The van der Waals surface area contributed by atoms with Gasteiger partial charge in [0, 0.05) is 24.0 Å². The fourth-order valence-corrected chi connectivity index (χ4v) is 3.34. The van der Waals surface area contributed by atoms with Crippen LogP contribution in [-0.4, -0.2) is 26.8 Å².